The number of nitrogens with one attached hydrogen (secondary N) is 1. The summed E-state index contributed by atoms with van der Waals surface area (Å²) in [6.45, 7) is 0.887. The fraction of sp³-hybridized carbons (Fsp3) is 0.429. The molecule has 0 aliphatic carbocycles. The Labute approximate surface area is 162 Å². The molecule has 1 N–H and O–H groups in total. The van der Waals surface area contributed by atoms with Crippen molar-refractivity contribution >= 4 is 21.6 Å². The van der Waals surface area contributed by atoms with Crippen LogP contribution in [0.2, 0.25) is 0 Å². The number of anilines is 1. The van der Waals surface area contributed by atoms with Gasteiger partial charge >= 0.3 is 0 Å². The zero-order valence-electron chi connectivity index (χ0n) is 15.1. The van der Waals surface area contributed by atoms with E-state index in [1.165, 1.54) is 11.6 Å². The summed E-state index contributed by atoms with van der Waals surface area (Å²) in [5.74, 6) is 0.0594. The van der Waals surface area contributed by atoms with E-state index in [4.69, 9.17) is 4.74 Å². The van der Waals surface area contributed by atoms with E-state index in [9.17, 15) is 4.39 Å². The number of hydrogen-bond donors (Lipinski definition) is 1. The minimum absolute atomic E-state index is 0.0599. The monoisotopic (exact) mass is 418 g/mol. The van der Waals surface area contributed by atoms with Gasteiger partial charge in [0.2, 0.25) is 0 Å². The lowest BCUT2D eigenvalue weighted by atomic mass is 9.76. The van der Waals surface area contributed by atoms with Crippen LogP contribution >= 0.6 is 15.9 Å². The highest BCUT2D eigenvalue weighted by molar-refractivity contribution is 9.10. The molecule has 26 heavy (non-hydrogen) atoms. The maximum atomic E-state index is 14.7. The standard InChI is InChI=1S/C21H24BrFN2O/c1-25(2)12-15-8-9-16-19(13-6-4-3-5-7-13)24-20-17(21(16)26-15)10-14(22)11-18(20)23/h3-7,10-11,15-16,19,21,24H,8-9,12H2,1-2H3/t15-,16+,19+,21+/m1/s1. The number of rotatable bonds is 3. The molecule has 0 spiro atoms. The Bertz CT molecular complexity index is 783. The molecule has 3 nitrogen and oxygen atoms in total. The highest BCUT2D eigenvalue weighted by Gasteiger charge is 2.43. The van der Waals surface area contributed by atoms with Crippen LogP contribution in [0.4, 0.5) is 10.1 Å². The van der Waals surface area contributed by atoms with Crippen LogP contribution in [0.25, 0.3) is 0 Å². The van der Waals surface area contributed by atoms with E-state index >= 15 is 0 Å². The molecular formula is C21H24BrFN2O. The second-order valence-corrected chi connectivity index (χ2v) is 8.48. The third kappa shape index (κ3) is 3.40. The fourth-order valence-electron chi connectivity index (χ4n) is 4.32. The van der Waals surface area contributed by atoms with Gasteiger partial charge in [-0.05, 0) is 44.6 Å². The Hall–Kier alpha value is -1.43. The molecule has 2 aliphatic heterocycles. The first-order chi connectivity index (χ1) is 12.5. The van der Waals surface area contributed by atoms with Gasteiger partial charge in [-0.1, -0.05) is 46.3 Å². The maximum absolute atomic E-state index is 14.7. The van der Waals surface area contributed by atoms with Crippen LogP contribution in [-0.4, -0.2) is 31.6 Å². The van der Waals surface area contributed by atoms with Crippen LogP contribution in [-0.2, 0) is 4.74 Å². The average molecular weight is 419 g/mol. The number of benzene rings is 2. The van der Waals surface area contributed by atoms with Crippen molar-refractivity contribution in [1.29, 1.82) is 0 Å². The van der Waals surface area contributed by atoms with Crippen molar-refractivity contribution in [3.8, 4) is 0 Å². The zero-order chi connectivity index (χ0) is 18.3. The lowest BCUT2D eigenvalue weighted by molar-refractivity contribution is -0.0994. The van der Waals surface area contributed by atoms with Crippen molar-refractivity contribution in [2.45, 2.75) is 31.1 Å². The second kappa shape index (κ2) is 7.29. The minimum Gasteiger partial charge on any atom is -0.375 e. The summed E-state index contributed by atoms with van der Waals surface area (Å²) in [5.41, 5.74) is 2.69. The Morgan fingerprint density at radius 2 is 1.96 bits per heavy atom. The number of nitrogens with zero attached hydrogens (tertiary/aromatic N) is 1. The van der Waals surface area contributed by atoms with E-state index in [1.54, 1.807) is 0 Å². The molecule has 0 unspecified atom stereocenters. The number of ether oxygens (including phenoxy) is 1. The molecule has 1 saturated heterocycles. The predicted octanol–water partition coefficient (Wildman–Crippen LogP) is 5.15. The number of fused-ring (bicyclic) bond motifs is 3. The molecule has 138 valence electrons. The molecule has 2 aromatic carbocycles. The molecule has 4 rings (SSSR count). The highest BCUT2D eigenvalue weighted by atomic mass is 79.9. The summed E-state index contributed by atoms with van der Waals surface area (Å²) in [6.07, 6.45) is 2.16. The van der Waals surface area contributed by atoms with Gasteiger partial charge in [0.1, 0.15) is 5.82 Å². The fourth-order valence-corrected chi connectivity index (χ4v) is 4.76. The van der Waals surface area contributed by atoms with Gasteiger partial charge in [0.25, 0.3) is 0 Å². The summed E-state index contributed by atoms with van der Waals surface area (Å²) < 4.78 is 22.0. The van der Waals surface area contributed by atoms with E-state index in [2.05, 4.69) is 52.4 Å². The van der Waals surface area contributed by atoms with Gasteiger partial charge in [0, 0.05) is 22.5 Å². The first-order valence-corrected chi connectivity index (χ1v) is 9.93. The van der Waals surface area contributed by atoms with Crippen LogP contribution < -0.4 is 5.32 Å². The molecule has 2 aliphatic rings. The van der Waals surface area contributed by atoms with Crippen LogP contribution in [0.1, 0.15) is 36.1 Å². The van der Waals surface area contributed by atoms with Crippen LogP contribution in [0, 0.1) is 11.7 Å². The van der Waals surface area contributed by atoms with E-state index in [-0.39, 0.29) is 30.0 Å². The summed E-state index contributed by atoms with van der Waals surface area (Å²) in [7, 11) is 4.13. The number of likely N-dealkylation sites (N-methyl/N-ethyl adjacent to an activating group) is 1. The van der Waals surface area contributed by atoms with E-state index in [0.717, 1.165) is 29.4 Å². The summed E-state index contributed by atoms with van der Waals surface area (Å²) in [4.78, 5) is 2.16. The predicted molar refractivity (Wildman–Crippen MR) is 106 cm³/mol. The van der Waals surface area contributed by atoms with Crippen molar-refractivity contribution in [3.05, 3.63) is 63.9 Å². The Balaban J connectivity index is 1.74. The van der Waals surface area contributed by atoms with Crippen LogP contribution in [0.5, 0.6) is 0 Å². The lowest BCUT2D eigenvalue weighted by Gasteiger charge is -2.46. The van der Waals surface area contributed by atoms with Crippen molar-refractivity contribution < 1.29 is 9.13 Å². The molecule has 5 heteroatoms. The van der Waals surface area contributed by atoms with Gasteiger partial charge in [-0.15, -0.1) is 0 Å². The number of halogens is 2. The Morgan fingerprint density at radius 3 is 2.69 bits per heavy atom. The molecule has 2 heterocycles. The molecule has 0 amide bonds. The maximum Gasteiger partial charge on any atom is 0.147 e. The molecule has 2 aromatic rings. The van der Waals surface area contributed by atoms with Crippen molar-refractivity contribution in [1.82, 2.24) is 4.90 Å². The Kier molecular flexibility index (Phi) is 5.04. The zero-order valence-corrected chi connectivity index (χ0v) is 16.7. The highest BCUT2D eigenvalue weighted by Crippen LogP contribution is 2.51. The largest absolute Gasteiger partial charge is 0.375 e. The molecule has 0 radical (unpaired) electrons. The second-order valence-electron chi connectivity index (χ2n) is 7.57. The molecule has 0 aromatic heterocycles. The minimum atomic E-state index is -0.230. The van der Waals surface area contributed by atoms with Gasteiger partial charge in [-0.25, -0.2) is 4.39 Å². The third-order valence-electron chi connectivity index (χ3n) is 5.40. The molecule has 1 fully saturated rings. The van der Waals surface area contributed by atoms with Gasteiger partial charge in [0.05, 0.1) is 23.9 Å². The topological polar surface area (TPSA) is 24.5 Å². The summed E-state index contributed by atoms with van der Waals surface area (Å²) in [6, 6.07) is 13.9. The molecule has 0 bridgehead atoms. The lowest BCUT2D eigenvalue weighted by Crippen LogP contribution is -2.42. The summed E-state index contributed by atoms with van der Waals surface area (Å²) in [5, 5.41) is 3.48. The van der Waals surface area contributed by atoms with E-state index < -0.39 is 0 Å². The normalized spacial score (nSPS) is 27.6. The van der Waals surface area contributed by atoms with E-state index in [0.29, 0.717) is 5.69 Å². The first kappa shape index (κ1) is 18.0. The third-order valence-corrected chi connectivity index (χ3v) is 5.86. The molecular weight excluding hydrogens is 395 g/mol. The summed E-state index contributed by atoms with van der Waals surface area (Å²) >= 11 is 3.44. The van der Waals surface area contributed by atoms with Gasteiger partial charge < -0.3 is 15.0 Å². The van der Waals surface area contributed by atoms with Gasteiger partial charge in [0.15, 0.2) is 0 Å². The Morgan fingerprint density at radius 1 is 1.19 bits per heavy atom. The molecule has 4 atom stereocenters. The van der Waals surface area contributed by atoms with Crippen LogP contribution in [0.3, 0.4) is 0 Å². The number of hydrogen-bond acceptors (Lipinski definition) is 3. The van der Waals surface area contributed by atoms with Crippen molar-refractivity contribution in [2.75, 3.05) is 26.0 Å². The van der Waals surface area contributed by atoms with Gasteiger partial charge in [-0.2, -0.15) is 0 Å². The SMILES string of the molecule is CN(C)C[C@H]1CC[C@@H]2[C@H](O1)c1cc(Br)cc(F)c1N[C@H]2c1ccccc1. The van der Waals surface area contributed by atoms with Crippen molar-refractivity contribution in [3.63, 3.8) is 0 Å². The molecule has 0 saturated carbocycles. The quantitative estimate of drug-likeness (QED) is 0.745. The van der Waals surface area contributed by atoms with E-state index in [1.807, 2.05) is 24.3 Å². The average Bonchev–Trinajstić information content (AvgIpc) is 2.61. The first-order valence-electron chi connectivity index (χ1n) is 9.13. The van der Waals surface area contributed by atoms with Gasteiger partial charge in [-0.3, -0.25) is 0 Å². The van der Waals surface area contributed by atoms with Crippen molar-refractivity contribution in [2.24, 2.45) is 5.92 Å². The van der Waals surface area contributed by atoms with Crippen LogP contribution in [0.15, 0.2) is 46.9 Å². The smallest absolute Gasteiger partial charge is 0.147 e.